The van der Waals surface area contributed by atoms with Crippen molar-refractivity contribution in [3.8, 4) is 0 Å². The monoisotopic (exact) mass is 452 g/mol. The lowest BCUT2D eigenvalue weighted by Gasteiger charge is -2.03. The van der Waals surface area contributed by atoms with Gasteiger partial charge in [0.15, 0.2) is 0 Å². The average Bonchev–Trinajstić information content (AvgIpc) is 3.04. The van der Waals surface area contributed by atoms with Gasteiger partial charge in [-0.15, -0.1) is 11.3 Å². The normalized spacial score (nSPS) is 10.6. The molecule has 3 aromatic rings. The minimum Gasteiger partial charge on any atom is -0.326 e. The van der Waals surface area contributed by atoms with E-state index >= 15 is 0 Å². The first kappa shape index (κ1) is 18.5. The number of halogens is 2. The number of thiazole rings is 1. The Hall–Kier alpha value is -1.34. The van der Waals surface area contributed by atoms with Gasteiger partial charge in [-0.2, -0.15) is 0 Å². The van der Waals surface area contributed by atoms with Gasteiger partial charge >= 0.3 is 0 Å². The van der Waals surface area contributed by atoms with Crippen molar-refractivity contribution in [2.45, 2.75) is 16.5 Å². The maximum absolute atomic E-state index is 12.1. The maximum Gasteiger partial charge on any atom is 0.230 e. The van der Waals surface area contributed by atoms with Crippen molar-refractivity contribution in [2.75, 3.05) is 5.32 Å². The number of hydrogen-bond acceptors (Lipinski definition) is 4. The number of rotatable bonds is 6. The number of carbonyl (C=O) groups excluding carboxylic acids is 1. The highest BCUT2D eigenvalue weighted by Crippen LogP contribution is 2.27. The van der Waals surface area contributed by atoms with E-state index in [-0.39, 0.29) is 12.3 Å². The molecule has 1 amide bonds. The molecular weight excluding hydrogens is 440 g/mol. The Labute approximate surface area is 168 Å². The Morgan fingerprint density at radius 2 is 1.88 bits per heavy atom. The third-order valence-electron chi connectivity index (χ3n) is 3.28. The van der Waals surface area contributed by atoms with Crippen molar-refractivity contribution in [3.05, 3.63) is 74.7 Å². The van der Waals surface area contributed by atoms with Gasteiger partial charge in [-0.1, -0.05) is 51.4 Å². The summed E-state index contributed by atoms with van der Waals surface area (Å²) in [5, 5.41) is 5.55. The molecule has 1 heterocycles. The molecule has 128 valence electrons. The molecule has 0 bridgehead atoms. The number of amides is 1. The SMILES string of the molecule is O=C(Cc1csc(SCc2ccc(Cl)cc2)n1)Nc1ccc(Br)cc1. The molecule has 0 fully saturated rings. The van der Waals surface area contributed by atoms with Gasteiger partial charge < -0.3 is 5.32 Å². The predicted molar refractivity (Wildman–Crippen MR) is 110 cm³/mol. The van der Waals surface area contributed by atoms with E-state index in [1.54, 1.807) is 23.1 Å². The first-order chi connectivity index (χ1) is 12.1. The van der Waals surface area contributed by atoms with Crippen molar-refractivity contribution >= 4 is 62.2 Å². The van der Waals surface area contributed by atoms with Crippen LogP contribution < -0.4 is 5.32 Å². The van der Waals surface area contributed by atoms with Crippen molar-refractivity contribution in [2.24, 2.45) is 0 Å². The molecule has 0 saturated heterocycles. The first-order valence-electron chi connectivity index (χ1n) is 7.45. The van der Waals surface area contributed by atoms with Crippen LogP contribution in [0.15, 0.2) is 62.7 Å². The van der Waals surface area contributed by atoms with Crippen LogP contribution >= 0.6 is 50.6 Å². The largest absolute Gasteiger partial charge is 0.326 e. The molecule has 0 spiro atoms. The van der Waals surface area contributed by atoms with E-state index in [4.69, 9.17) is 11.6 Å². The summed E-state index contributed by atoms with van der Waals surface area (Å²) in [7, 11) is 0. The number of thioether (sulfide) groups is 1. The zero-order valence-corrected chi connectivity index (χ0v) is 17.0. The molecule has 0 radical (unpaired) electrons. The lowest BCUT2D eigenvalue weighted by Crippen LogP contribution is -2.14. The van der Waals surface area contributed by atoms with Crippen LogP contribution in [0.2, 0.25) is 5.02 Å². The minimum atomic E-state index is -0.0677. The average molecular weight is 454 g/mol. The van der Waals surface area contributed by atoms with Gasteiger partial charge in [-0.25, -0.2) is 4.98 Å². The second kappa shape index (κ2) is 8.85. The summed E-state index contributed by atoms with van der Waals surface area (Å²) in [5.74, 6) is 0.761. The first-order valence-corrected chi connectivity index (χ1v) is 10.5. The summed E-state index contributed by atoms with van der Waals surface area (Å²) in [6.45, 7) is 0. The van der Waals surface area contributed by atoms with E-state index in [2.05, 4.69) is 26.2 Å². The van der Waals surface area contributed by atoms with Crippen LogP contribution in [-0.2, 0) is 17.0 Å². The van der Waals surface area contributed by atoms with Crippen molar-refractivity contribution in [3.63, 3.8) is 0 Å². The molecule has 1 aromatic heterocycles. The molecule has 0 unspecified atom stereocenters. The lowest BCUT2D eigenvalue weighted by molar-refractivity contribution is -0.115. The fraction of sp³-hybridized carbons (Fsp3) is 0.111. The summed E-state index contributed by atoms with van der Waals surface area (Å²) < 4.78 is 1.94. The summed E-state index contributed by atoms with van der Waals surface area (Å²) >= 11 is 12.5. The number of carbonyl (C=O) groups is 1. The molecule has 0 aliphatic heterocycles. The number of aromatic nitrogens is 1. The van der Waals surface area contributed by atoms with Crippen LogP contribution in [0.4, 0.5) is 5.69 Å². The van der Waals surface area contributed by atoms with Crippen molar-refractivity contribution in [1.82, 2.24) is 4.98 Å². The van der Waals surface area contributed by atoms with Gasteiger partial charge in [0, 0.05) is 26.3 Å². The van der Waals surface area contributed by atoms with Gasteiger partial charge in [0.2, 0.25) is 5.91 Å². The molecule has 0 aliphatic carbocycles. The molecular formula is C18H14BrClN2OS2. The van der Waals surface area contributed by atoms with Crippen molar-refractivity contribution < 1.29 is 4.79 Å². The minimum absolute atomic E-state index is 0.0677. The molecule has 0 atom stereocenters. The summed E-state index contributed by atoms with van der Waals surface area (Å²) in [6, 6.07) is 15.3. The van der Waals surface area contributed by atoms with E-state index in [1.165, 1.54) is 5.56 Å². The Kier molecular flexibility index (Phi) is 6.53. The number of nitrogens with zero attached hydrogens (tertiary/aromatic N) is 1. The van der Waals surface area contributed by atoms with Gasteiger partial charge in [0.05, 0.1) is 12.1 Å². The third kappa shape index (κ3) is 5.85. The Bertz CT molecular complexity index is 850. The highest BCUT2D eigenvalue weighted by Gasteiger charge is 2.09. The number of nitrogens with one attached hydrogen (secondary N) is 1. The molecule has 3 rings (SSSR count). The van der Waals surface area contributed by atoms with Gasteiger partial charge in [-0.3, -0.25) is 4.79 Å². The lowest BCUT2D eigenvalue weighted by atomic mass is 10.2. The van der Waals surface area contributed by atoms with Crippen LogP contribution in [0.3, 0.4) is 0 Å². The molecule has 0 saturated carbocycles. The van der Waals surface area contributed by atoms with E-state index in [9.17, 15) is 4.79 Å². The molecule has 25 heavy (non-hydrogen) atoms. The molecule has 7 heteroatoms. The Morgan fingerprint density at radius 1 is 1.16 bits per heavy atom. The van der Waals surface area contributed by atoms with Gasteiger partial charge in [-0.05, 0) is 42.0 Å². The van der Waals surface area contributed by atoms with Crippen LogP contribution in [0.1, 0.15) is 11.3 Å². The van der Waals surface area contributed by atoms with Gasteiger partial charge in [0.1, 0.15) is 4.34 Å². The van der Waals surface area contributed by atoms with Crippen LogP contribution in [0.25, 0.3) is 0 Å². The highest BCUT2D eigenvalue weighted by atomic mass is 79.9. The fourth-order valence-electron chi connectivity index (χ4n) is 2.06. The number of hydrogen-bond donors (Lipinski definition) is 1. The van der Waals surface area contributed by atoms with Gasteiger partial charge in [0.25, 0.3) is 0 Å². The van der Waals surface area contributed by atoms with E-state index < -0.39 is 0 Å². The summed E-state index contributed by atoms with van der Waals surface area (Å²) in [4.78, 5) is 16.6. The second-order valence-corrected chi connectivity index (χ2v) is 8.68. The Balaban J connectivity index is 1.51. The zero-order chi connectivity index (χ0) is 17.6. The predicted octanol–water partition coefficient (Wildman–Crippen LogP) is 6.03. The van der Waals surface area contributed by atoms with E-state index in [0.29, 0.717) is 0 Å². The summed E-state index contributed by atoms with van der Waals surface area (Å²) in [6.07, 6.45) is 0.272. The van der Waals surface area contributed by atoms with Crippen LogP contribution in [0, 0.1) is 0 Å². The van der Waals surface area contributed by atoms with Crippen molar-refractivity contribution in [1.29, 1.82) is 0 Å². The zero-order valence-electron chi connectivity index (χ0n) is 13.0. The fourth-order valence-corrected chi connectivity index (χ4v) is 4.26. The second-order valence-electron chi connectivity index (χ2n) is 5.25. The maximum atomic E-state index is 12.1. The van der Waals surface area contributed by atoms with Crippen LogP contribution in [-0.4, -0.2) is 10.9 Å². The molecule has 2 aromatic carbocycles. The van der Waals surface area contributed by atoms with E-state index in [1.807, 2.05) is 53.9 Å². The highest BCUT2D eigenvalue weighted by molar-refractivity contribution is 9.10. The third-order valence-corrected chi connectivity index (χ3v) is 6.20. The smallest absolute Gasteiger partial charge is 0.230 e. The topological polar surface area (TPSA) is 42.0 Å². The number of benzene rings is 2. The quantitative estimate of drug-likeness (QED) is 0.463. The Morgan fingerprint density at radius 3 is 2.60 bits per heavy atom. The number of anilines is 1. The molecule has 0 aliphatic rings. The molecule has 3 nitrogen and oxygen atoms in total. The standard InChI is InChI=1S/C18H14BrClN2OS2/c19-13-3-7-15(8-4-13)21-17(23)9-16-11-25-18(22-16)24-10-12-1-5-14(20)6-2-12/h1-8,11H,9-10H2,(H,21,23). The molecule has 1 N–H and O–H groups in total. The van der Waals surface area contributed by atoms with Crippen LogP contribution in [0.5, 0.6) is 0 Å². The summed E-state index contributed by atoms with van der Waals surface area (Å²) in [5.41, 5.74) is 2.76. The van der Waals surface area contributed by atoms with E-state index in [0.717, 1.165) is 31.0 Å².